The van der Waals surface area contributed by atoms with Gasteiger partial charge in [-0.25, -0.2) is 9.13 Å². The van der Waals surface area contributed by atoms with E-state index < -0.39 is 97.5 Å². The highest BCUT2D eigenvalue weighted by atomic mass is 31.2. The highest BCUT2D eigenvalue weighted by Gasteiger charge is 2.30. The molecule has 0 rings (SSSR count). The summed E-state index contributed by atoms with van der Waals surface area (Å²) >= 11 is 0. The van der Waals surface area contributed by atoms with E-state index in [9.17, 15) is 43.2 Å². The van der Waals surface area contributed by atoms with Crippen LogP contribution in [0.4, 0.5) is 0 Å². The van der Waals surface area contributed by atoms with Crippen LogP contribution in [0.5, 0.6) is 0 Å². The van der Waals surface area contributed by atoms with E-state index in [0.29, 0.717) is 25.7 Å². The van der Waals surface area contributed by atoms with Crippen molar-refractivity contribution in [2.24, 2.45) is 5.92 Å². The molecule has 0 fully saturated rings. The van der Waals surface area contributed by atoms with Gasteiger partial charge in [0.15, 0.2) is 12.2 Å². The third kappa shape index (κ3) is 69.8. The molecule has 0 spiro atoms. The molecule has 0 aliphatic rings. The minimum atomic E-state index is -4.96. The molecule has 5 atom stereocenters. The fraction of sp³-hybridized carbons (Fsp3) is 0.895. The van der Waals surface area contributed by atoms with Crippen molar-refractivity contribution < 1.29 is 80.2 Å². The van der Waals surface area contributed by atoms with Crippen LogP contribution in [-0.4, -0.2) is 96.7 Å². The maximum absolute atomic E-state index is 13.1. The molecule has 95 heavy (non-hydrogen) atoms. The molecular weight excluding hydrogens is 1250 g/mol. The van der Waals surface area contributed by atoms with Gasteiger partial charge in [-0.3, -0.25) is 37.3 Å². The van der Waals surface area contributed by atoms with Crippen LogP contribution in [0, 0.1) is 5.92 Å². The van der Waals surface area contributed by atoms with E-state index in [0.717, 1.165) is 121 Å². The third-order valence-electron chi connectivity index (χ3n) is 17.2. The van der Waals surface area contributed by atoms with Crippen LogP contribution in [0.3, 0.4) is 0 Å². The Morgan fingerprint density at radius 2 is 0.568 bits per heavy atom. The van der Waals surface area contributed by atoms with Gasteiger partial charge in [-0.2, -0.15) is 0 Å². The van der Waals surface area contributed by atoms with E-state index in [1.807, 2.05) is 0 Å². The van der Waals surface area contributed by atoms with Gasteiger partial charge >= 0.3 is 39.5 Å². The molecule has 0 aromatic heterocycles. The summed E-state index contributed by atoms with van der Waals surface area (Å²) in [4.78, 5) is 72.7. The summed E-state index contributed by atoms with van der Waals surface area (Å²) in [5.74, 6) is -1.35. The summed E-state index contributed by atoms with van der Waals surface area (Å²) in [5, 5.41) is 10.6. The SMILES string of the molecule is CCCCCC/C=C\C=C/CCCCCCCC(=O)O[C@H](COC(=O)CCCCCCCCC)COP(=O)(O)OC[C@H](O)COP(=O)(O)OC[C@@H](COC(=O)CCCCCCCCCCCCCCCCCC)OC(=O)CCCCCCCCCCCCCCCCC(C)C. The topological polar surface area (TPSA) is 237 Å². The number of aliphatic hydroxyl groups is 1. The lowest BCUT2D eigenvalue weighted by Crippen LogP contribution is -2.30. The summed E-state index contributed by atoms with van der Waals surface area (Å²) in [7, 11) is -9.92. The van der Waals surface area contributed by atoms with Gasteiger partial charge < -0.3 is 33.8 Å². The summed E-state index contributed by atoms with van der Waals surface area (Å²) in [6.07, 6.45) is 60.5. The molecule has 3 N–H and O–H groups in total. The van der Waals surface area contributed by atoms with Crippen molar-refractivity contribution in [2.45, 2.75) is 393 Å². The number of carbonyl (C=O) groups excluding carboxylic acids is 4. The van der Waals surface area contributed by atoms with Gasteiger partial charge in [0.25, 0.3) is 0 Å². The van der Waals surface area contributed by atoms with Crippen LogP contribution >= 0.6 is 15.6 Å². The maximum atomic E-state index is 13.1. The first-order valence-electron chi connectivity index (χ1n) is 39.0. The zero-order valence-electron chi connectivity index (χ0n) is 61.3. The van der Waals surface area contributed by atoms with Gasteiger partial charge in [-0.15, -0.1) is 0 Å². The molecule has 0 aromatic rings. The van der Waals surface area contributed by atoms with Crippen molar-refractivity contribution >= 4 is 39.5 Å². The van der Waals surface area contributed by atoms with Crippen molar-refractivity contribution in [1.29, 1.82) is 0 Å². The largest absolute Gasteiger partial charge is 0.472 e. The van der Waals surface area contributed by atoms with Gasteiger partial charge in [0.05, 0.1) is 26.4 Å². The molecule has 0 aromatic carbocycles. The Kier molecular flexibility index (Phi) is 66.9. The molecule has 0 aliphatic heterocycles. The average Bonchev–Trinajstić information content (AvgIpc) is 1.69. The number of hydrogen-bond donors (Lipinski definition) is 3. The van der Waals surface area contributed by atoms with Crippen LogP contribution < -0.4 is 0 Å². The minimum Gasteiger partial charge on any atom is -0.462 e. The number of ether oxygens (including phenoxy) is 4. The van der Waals surface area contributed by atoms with Gasteiger partial charge in [0.2, 0.25) is 0 Å². The molecule has 0 amide bonds. The van der Waals surface area contributed by atoms with Crippen molar-refractivity contribution in [1.82, 2.24) is 0 Å². The quantitative estimate of drug-likeness (QED) is 0.0169. The number of phosphoric acid groups is 2. The number of rotatable bonds is 74. The van der Waals surface area contributed by atoms with Gasteiger partial charge in [-0.1, -0.05) is 322 Å². The van der Waals surface area contributed by atoms with E-state index in [1.165, 1.54) is 173 Å². The van der Waals surface area contributed by atoms with Crippen LogP contribution in [-0.2, 0) is 65.4 Å². The fourth-order valence-corrected chi connectivity index (χ4v) is 12.7. The summed E-state index contributed by atoms with van der Waals surface area (Å²) in [5.41, 5.74) is 0. The van der Waals surface area contributed by atoms with Crippen molar-refractivity contribution in [3.63, 3.8) is 0 Å². The zero-order valence-corrected chi connectivity index (χ0v) is 63.1. The van der Waals surface area contributed by atoms with Gasteiger partial charge in [0.1, 0.15) is 19.3 Å². The minimum absolute atomic E-state index is 0.0849. The predicted octanol–water partition coefficient (Wildman–Crippen LogP) is 22.0. The molecule has 0 aliphatic carbocycles. The van der Waals surface area contributed by atoms with Crippen LogP contribution in [0.25, 0.3) is 0 Å². The Bertz CT molecular complexity index is 1920. The first kappa shape index (κ1) is 92.5. The molecule has 0 radical (unpaired) electrons. The number of allylic oxidation sites excluding steroid dienone is 4. The number of esters is 4. The Labute approximate surface area is 580 Å². The lowest BCUT2D eigenvalue weighted by molar-refractivity contribution is -0.161. The van der Waals surface area contributed by atoms with E-state index in [4.69, 9.17) is 37.0 Å². The standard InChI is InChI=1S/C76H144O17P2/c1-6-9-12-15-18-20-22-24-26-28-32-36-40-45-50-55-60-74(79)87-66-72(93-76(81)62-57-52-47-42-38-34-30-29-31-35-39-44-48-53-58-69(4)5)68-91-95(84,85)89-64-70(77)63-88-94(82,83)90-67-71(65-86-73(78)59-54-49-43-17-14-11-8-3)92-75(80)61-56-51-46-41-37-33-27-25-23-21-19-16-13-10-7-2/h21,23,25,27,69-72,77H,6-20,22,24,26,28-68H2,1-5H3,(H,82,83)(H,84,85)/b23-21-,27-25-/t70-,71+,72+/m0/s1. The molecular formula is C76H144O17P2. The highest BCUT2D eigenvalue weighted by Crippen LogP contribution is 2.45. The predicted molar refractivity (Wildman–Crippen MR) is 386 cm³/mol. The average molecular weight is 1390 g/mol. The van der Waals surface area contributed by atoms with Crippen LogP contribution in [0.2, 0.25) is 0 Å². The first-order valence-corrected chi connectivity index (χ1v) is 41.9. The molecule has 0 heterocycles. The Hall–Kier alpha value is -2.46. The molecule has 0 bridgehead atoms. The second kappa shape index (κ2) is 68.7. The number of aliphatic hydroxyl groups excluding tert-OH is 1. The summed E-state index contributed by atoms with van der Waals surface area (Å²) in [6, 6.07) is 0. The van der Waals surface area contributed by atoms with Crippen molar-refractivity contribution in [3.8, 4) is 0 Å². The van der Waals surface area contributed by atoms with Gasteiger partial charge in [-0.05, 0) is 57.3 Å². The van der Waals surface area contributed by atoms with E-state index in [2.05, 4.69) is 58.9 Å². The summed E-state index contributed by atoms with van der Waals surface area (Å²) < 4.78 is 68.4. The van der Waals surface area contributed by atoms with Crippen molar-refractivity contribution in [3.05, 3.63) is 24.3 Å². The second-order valence-corrected chi connectivity index (χ2v) is 30.1. The van der Waals surface area contributed by atoms with Crippen molar-refractivity contribution in [2.75, 3.05) is 39.6 Å². The highest BCUT2D eigenvalue weighted by molar-refractivity contribution is 7.47. The molecule has 560 valence electrons. The molecule has 17 nitrogen and oxygen atoms in total. The maximum Gasteiger partial charge on any atom is 0.472 e. The number of carbonyl (C=O) groups is 4. The Balaban J connectivity index is 5.23. The van der Waals surface area contributed by atoms with E-state index >= 15 is 0 Å². The third-order valence-corrected chi connectivity index (χ3v) is 19.1. The number of phosphoric ester groups is 2. The zero-order chi connectivity index (χ0) is 69.8. The molecule has 0 saturated heterocycles. The number of hydrogen-bond acceptors (Lipinski definition) is 15. The Morgan fingerprint density at radius 3 is 0.863 bits per heavy atom. The molecule has 2 unspecified atom stereocenters. The monoisotopic (exact) mass is 1390 g/mol. The normalized spacial score (nSPS) is 14.1. The van der Waals surface area contributed by atoms with E-state index in [1.54, 1.807) is 0 Å². The van der Waals surface area contributed by atoms with Crippen LogP contribution in [0.15, 0.2) is 24.3 Å². The molecule has 0 saturated carbocycles. The number of unbranched alkanes of at least 4 members (excludes halogenated alkanes) is 43. The van der Waals surface area contributed by atoms with E-state index in [-0.39, 0.29) is 25.7 Å². The fourth-order valence-electron chi connectivity index (χ4n) is 11.2. The summed E-state index contributed by atoms with van der Waals surface area (Å²) in [6.45, 7) is 7.21. The van der Waals surface area contributed by atoms with Gasteiger partial charge in [0, 0.05) is 25.7 Å². The smallest absolute Gasteiger partial charge is 0.462 e. The lowest BCUT2D eigenvalue weighted by Gasteiger charge is -2.21. The first-order chi connectivity index (χ1) is 46.0. The molecule has 19 heteroatoms. The Morgan fingerprint density at radius 1 is 0.326 bits per heavy atom. The lowest BCUT2D eigenvalue weighted by atomic mass is 10.0. The second-order valence-electron chi connectivity index (χ2n) is 27.2. The van der Waals surface area contributed by atoms with Crippen LogP contribution in [0.1, 0.15) is 375 Å².